The van der Waals surface area contributed by atoms with Crippen LogP contribution in [0.4, 0.5) is 0 Å². The van der Waals surface area contributed by atoms with Crippen LogP contribution in [0.2, 0.25) is 0 Å². The fourth-order valence-electron chi connectivity index (χ4n) is 3.80. The highest BCUT2D eigenvalue weighted by molar-refractivity contribution is 8.11. The molecule has 0 saturated heterocycles. The van der Waals surface area contributed by atoms with Gasteiger partial charge >= 0.3 is 0 Å². The smallest absolute Gasteiger partial charge is 0.161 e. The average Bonchev–Trinajstić information content (AvgIpc) is 2.61. The van der Waals surface area contributed by atoms with Crippen LogP contribution in [0.5, 0.6) is 0 Å². The van der Waals surface area contributed by atoms with Gasteiger partial charge in [-0.1, -0.05) is 92.3 Å². The zero-order chi connectivity index (χ0) is 17.4. The summed E-state index contributed by atoms with van der Waals surface area (Å²) in [7, 11) is 0. The van der Waals surface area contributed by atoms with Gasteiger partial charge in [0, 0.05) is 22.8 Å². The first-order chi connectivity index (χ1) is 12.0. The Morgan fingerprint density at radius 2 is 1.56 bits per heavy atom. The number of rotatable bonds is 2. The second kappa shape index (κ2) is 6.34. The van der Waals surface area contributed by atoms with Crippen molar-refractivity contribution < 1.29 is 4.79 Å². The van der Waals surface area contributed by atoms with Crippen LogP contribution in [0.25, 0.3) is 4.91 Å². The second-order valence-electron chi connectivity index (χ2n) is 7.67. The lowest BCUT2D eigenvalue weighted by molar-refractivity contribution is -0.118. The summed E-state index contributed by atoms with van der Waals surface area (Å²) in [5.41, 5.74) is 3.51. The van der Waals surface area contributed by atoms with Crippen LogP contribution in [-0.4, -0.2) is 5.78 Å². The molecular weight excluding hydrogens is 324 g/mol. The molecule has 1 aliphatic carbocycles. The summed E-state index contributed by atoms with van der Waals surface area (Å²) in [6, 6.07) is 20.9. The lowest BCUT2D eigenvalue weighted by Crippen LogP contribution is -2.28. The highest BCUT2D eigenvalue weighted by Gasteiger charge is 2.38. The molecule has 0 N–H and O–H groups in total. The zero-order valence-electron chi connectivity index (χ0n) is 14.7. The summed E-state index contributed by atoms with van der Waals surface area (Å²) in [4.78, 5) is 15.5. The van der Waals surface area contributed by atoms with Crippen molar-refractivity contribution in [2.45, 2.75) is 32.6 Å². The quantitative estimate of drug-likeness (QED) is 0.644. The number of hydrogen-bond acceptors (Lipinski definition) is 2. The summed E-state index contributed by atoms with van der Waals surface area (Å²) in [6.45, 7) is 4.40. The van der Waals surface area contributed by atoms with Gasteiger partial charge in [0.05, 0.1) is 0 Å². The lowest BCUT2D eigenvalue weighted by atomic mass is 9.73. The number of Topliss-reactive ketones (excluding diaryl/α,β-unsaturated/α-hetero) is 1. The first kappa shape index (κ1) is 16.4. The topological polar surface area (TPSA) is 17.1 Å². The maximum atomic E-state index is 13.0. The van der Waals surface area contributed by atoms with E-state index in [0.717, 1.165) is 12.0 Å². The second-order valence-corrected chi connectivity index (χ2v) is 8.80. The first-order valence-corrected chi connectivity index (χ1v) is 9.61. The molecule has 2 heteroatoms. The van der Waals surface area contributed by atoms with E-state index in [1.54, 1.807) is 11.8 Å². The molecule has 1 unspecified atom stereocenters. The summed E-state index contributed by atoms with van der Waals surface area (Å²) < 4.78 is 0. The maximum Gasteiger partial charge on any atom is 0.161 e. The van der Waals surface area contributed by atoms with E-state index in [0.29, 0.717) is 12.2 Å². The van der Waals surface area contributed by atoms with E-state index < -0.39 is 0 Å². The minimum atomic E-state index is 0.0449. The normalized spacial score (nSPS) is 22.4. The third kappa shape index (κ3) is 3.23. The first-order valence-electron chi connectivity index (χ1n) is 8.80. The molecule has 2 aromatic carbocycles. The van der Waals surface area contributed by atoms with Gasteiger partial charge in [-0.05, 0) is 27.9 Å². The van der Waals surface area contributed by atoms with Gasteiger partial charge in [0.15, 0.2) is 5.78 Å². The summed E-state index contributed by atoms with van der Waals surface area (Å²) in [5.74, 6) is 0.382. The molecule has 126 valence electrons. The average molecular weight is 346 g/mol. The fourth-order valence-corrected chi connectivity index (χ4v) is 5.34. The van der Waals surface area contributed by atoms with E-state index in [1.165, 1.54) is 20.9 Å². The Hall–Kier alpha value is -2.06. The molecule has 1 aliphatic heterocycles. The van der Waals surface area contributed by atoms with Crippen molar-refractivity contribution in [2.75, 3.05) is 0 Å². The molecule has 0 fully saturated rings. The molecule has 1 nitrogen and oxygen atoms in total. The summed E-state index contributed by atoms with van der Waals surface area (Å²) in [5, 5.41) is 0. The van der Waals surface area contributed by atoms with Crippen molar-refractivity contribution in [3.8, 4) is 0 Å². The molecule has 4 rings (SSSR count). The van der Waals surface area contributed by atoms with Gasteiger partial charge in [-0.3, -0.25) is 4.79 Å². The highest BCUT2D eigenvalue weighted by atomic mass is 32.2. The lowest BCUT2D eigenvalue weighted by Gasteiger charge is -2.37. The highest BCUT2D eigenvalue weighted by Crippen LogP contribution is 2.53. The van der Waals surface area contributed by atoms with Crippen LogP contribution in [0, 0.1) is 5.41 Å². The van der Waals surface area contributed by atoms with Crippen molar-refractivity contribution >= 4 is 22.5 Å². The van der Waals surface area contributed by atoms with E-state index in [-0.39, 0.29) is 11.3 Å². The van der Waals surface area contributed by atoms with Crippen molar-refractivity contribution in [1.82, 2.24) is 0 Å². The van der Waals surface area contributed by atoms with Crippen LogP contribution in [0.15, 0.2) is 77.2 Å². The Labute approximate surface area is 153 Å². The van der Waals surface area contributed by atoms with Gasteiger partial charge in [0.1, 0.15) is 0 Å². The molecule has 25 heavy (non-hydrogen) atoms. The van der Waals surface area contributed by atoms with Crippen molar-refractivity contribution in [2.24, 2.45) is 5.41 Å². The molecule has 0 radical (unpaired) electrons. The minimum Gasteiger partial charge on any atom is -0.294 e. The SMILES string of the molecule is CC1(C)CC(=O)C2=C(C1)SC(c1ccccc1)=CC2c1ccccc1. The Kier molecular flexibility index (Phi) is 4.16. The van der Waals surface area contributed by atoms with Crippen molar-refractivity contribution in [3.63, 3.8) is 0 Å². The molecule has 0 amide bonds. The third-order valence-electron chi connectivity index (χ3n) is 4.96. The minimum absolute atomic E-state index is 0.0449. The van der Waals surface area contributed by atoms with Gasteiger partial charge in [-0.25, -0.2) is 0 Å². The molecule has 0 bridgehead atoms. The molecule has 0 saturated carbocycles. The summed E-state index contributed by atoms with van der Waals surface area (Å²) >= 11 is 1.79. The van der Waals surface area contributed by atoms with E-state index in [4.69, 9.17) is 0 Å². The number of carbonyl (C=O) groups excluding carboxylic acids is 1. The summed E-state index contributed by atoms with van der Waals surface area (Å²) in [6.07, 6.45) is 3.90. The molecule has 0 spiro atoms. The van der Waals surface area contributed by atoms with Gasteiger partial charge in [-0.15, -0.1) is 0 Å². The molecule has 0 aromatic heterocycles. The van der Waals surface area contributed by atoms with Crippen molar-refractivity contribution in [1.29, 1.82) is 0 Å². The van der Waals surface area contributed by atoms with Crippen LogP contribution >= 0.6 is 11.8 Å². The Bertz CT molecular complexity index is 859. The molecular formula is C23H22OS. The molecule has 2 aromatic rings. The van der Waals surface area contributed by atoms with Gasteiger partial charge in [-0.2, -0.15) is 0 Å². The van der Waals surface area contributed by atoms with E-state index in [9.17, 15) is 4.79 Å². The predicted molar refractivity (Wildman–Crippen MR) is 106 cm³/mol. The van der Waals surface area contributed by atoms with Crippen LogP contribution in [-0.2, 0) is 4.79 Å². The fraction of sp³-hybridized carbons (Fsp3) is 0.261. The van der Waals surface area contributed by atoms with Gasteiger partial charge < -0.3 is 0 Å². The van der Waals surface area contributed by atoms with E-state index in [2.05, 4.69) is 68.5 Å². The predicted octanol–water partition coefficient (Wildman–Crippen LogP) is 6.20. The standard InChI is InChI=1S/C23H22OS/c1-23(2)14-19(24)22-18(16-9-5-3-6-10-16)13-20(25-21(22)15-23)17-11-7-4-8-12-17/h3-13,18H,14-15H2,1-2H3. The Morgan fingerprint density at radius 3 is 2.24 bits per heavy atom. The third-order valence-corrected chi connectivity index (χ3v) is 6.16. The van der Waals surface area contributed by atoms with Crippen molar-refractivity contribution in [3.05, 3.63) is 88.3 Å². The number of carbonyl (C=O) groups is 1. The number of benzene rings is 2. The Morgan fingerprint density at radius 1 is 0.920 bits per heavy atom. The van der Waals surface area contributed by atoms with E-state index >= 15 is 0 Å². The number of allylic oxidation sites excluding steroid dienone is 3. The monoisotopic (exact) mass is 346 g/mol. The number of thioether (sulfide) groups is 1. The molecule has 2 aliphatic rings. The van der Waals surface area contributed by atoms with Crippen LogP contribution < -0.4 is 0 Å². The van der Waals surface area contributed by atoms with Crippen LogP contribution in [0.3, 0.4) is 0 Å². The van der Waals surface area contributed by atoms with Gasteiger partial charge in [0.2, 0.25) is 0 Å². The number of ketones is 1. The van der Waals surface area contributed by atoms with Crippen LogP contribution in [0.1, 0.15) is 43.7 Å². The molecule has 1 heterocycles. The zero-order valence-corrected chi connectivity index (χ0v) is 15.5. The van der Waals surface area contributed by atoms with Gasteiger partial charge in [0.25, 0.3) is 0 Å². The number of hydrogen-bond donors (Lipinski definition) is 0. The molecule has 1 atom stereocenters. The maximum absolute atomic E-state index is 13.0. The van der Waals surface area contributed by atoms with E-state index in [1.807, 2.05) is 12.1 Å². The largest absolute Gasteiger partial charge is 0.294 e. The Balaban J connectivity index is 1.84.